The number of carbonyl (C=O) groups excluding carboxylic acids is 2. The molecular formula is C62H113NO5. The van der Waals surface area contributed by atoms with Gasteiger partial charge in [-0.2, -0.15) is 0 Å². The first kappa shape index (κ1) is 65.6. The third kappa shape index (κ3) is 52.9. The van der Waals surface area contributed by atoms with E-state index < -0.39 is 12.1 Å². The van der Waals surface area contributed by atoms with Crippen LogP contribution in [0.4, 0.5) is 0 Å². The molecule has 6 nitrogen and oxygen atoms in total. The van der Waals surface area contributed by atoms with Crippen LogP contribution in [0.25, 0.3) is 0 Å². The van der Waals surface area contributed by atoms with E-state index in [1.54, 1.807) is 6.08 Å². The lowest BCUT2D eigenvalue weighted by Gasteiger charge is -2.20. The molecule has 0 radical (unpaired) electrons. The summed E-state index contributed by atoms with van der Waals surface area (Å²) in [6.07, 6.45) is 73.8. The van der Waals surface area contributed by atoms with Crippen LogP contribution in [-0.4, -0.2) is 47.4 Å². The number of hydrogen-bond donors (Lipinski definition) is 3. The van der Waals surface area contributed by atoms with Gasteiger partial charge in [0.15, 0.2) is 0 Å². The quantitative estimate of drug-likeness (QED) is 0.0321. The third-order valence-electron chi connectivity index (χ3n) is 13.3. The molecule has 0 aliphatic heterocycles. The standard InChI is InChI=1S/C62H113NO5/c1-3-5-7-9-11-13-15-17-19-20-21-22-24-27-30-34-38-42-46-50-54-60(65)59(58-64)63-61(66)55-51-47-43-39-35-31-28-25-23-26-29-33-37-41-45-49-53-57-68-62(67)56-52-48-44-40-36-32-18-16-14-12-10-8-6-4-2/h10,12,16,18,23,26,33,37,50,54,59-60,64-65H,3-9,11,13-15,17,19-22,24-25,27-32,34-36,38-49,51-53,55-58H2,1-2H3,(H,63,66)/b12-10-,18-16-,26-23-,37-33-,54-50+. The van der Waals surface area contributed by atoms with Crippen molar-refractivity contribution in [2.24, 2.45) is 0 Å². The summed E-state index contributed by atoms with van der Waals surface area (Å²) in [6.45, 7) is 4.81. The first-order chi connectivity index (χ1) is 33.5. The molecule has 396 valence electrons. The van der Waals surface area contributed by atoms with Crippen molar-refractivity contribution in [2.45, 2.75) is 309 Å². The monoisotopic (exact) mass is 952 g/mol. The number of aliphatic hydroxyl groups is 2. The minimum absolute atomic E-state index is 0.0316. The fourth-order valence-electron chi connectivity index (χ4n) is 8.68. The van der Waals surface area contributed by atoms with E-state index in [9.17, 15) is 19.8 Å². The maximum Gasteiger partial charge on any atom is 0.305 e. The van der Waals surface area contributed by atoms with Crippen LogP contribution in [0, 0.1) is 0 Å². The molecule has 0 fully saturated rings. The molecule has 3 N–H and O–H groups in total. The number of hydrogen-bond acceptors (Lipinski definition) is 5. The van der Waals surface area contributed by atoms with Gasteiger partial charge in [-0.05, 0) is 96.3 Å². The van der Waals surface area contributed by atoms with Crippen molar-refractivity contribution in [1.82, 2.24) is 5.32 Å². The Kier molecular flexibility index (Phi) is 55.1. The Hall–Kier alpha value is -2.44. The molecule has 0 saturated carbocycles. The zero-order valence-electron chi connectivity index (χ0n) is 45.1. The molecule has 0 aromatic carbocycles. The first-order valence-corrected chi connectivity index (χ1v) is 29.6. The van der Waals surface area contributed by atoms with Crippen LogP contribution >= 0.6 is 0 Å². The van der Waals surface area contributed by atoms with Crippen molar-refractivity contribution in [2.75, 3.05) is 13.2 Å². The summed E-state index contributed by atoms with van der Waals surface area (Å²) in [4.78, 5) is 24.5. The second-order valence-corrected chi connectivity index (χ2v) is 20.0. The van der Waals surface area contributed by atoms with Gasteiger partial charge in [-0.3, -0.25) is 9.59 Å². The smallest absolute Gasteiger partial charge is 0.305 e. The highest BCUT2D eigenvalue weighted by Gasteiger charge is 2.18. The van der Waals surface area contributed by atoms with E-state index >= 15 is 0 Å². The third-order valence-corrected chi connectivity index (χ3v) is 13.3. The van der Waals surface area contributed by atoms with Gasteiger partial charge in [0.25, 0.3) is 0 Å². The lowest BCUT2D eigenvalue weighted by Crippen LogP contribution is -2.45. The molecule has 0 aliphatic rings. The van der Waals surface area contributed by atoms with Gasteiger partial charge in [0, 0.05) is 12.8 Å². The number of aliphatic hydroxyl groups excluding tert-OH is 2. The van der Waals surface area contributed by atoms with Crippen LogP contribution in [-0.2, 0) is 14.3 Å². The number of rotatable bonds is 54. The molecule has 0 spiro atoms. The van der Waals surface area contributed by atoms with Gasteiger partial charge < -0.3 is 20.3 Å². The molecule has 0 heterocycles. The highest BCUT2D eigenvalue weighted by atomic mass is 16.5. The summed E-state index contributed by atoms with van der Waals surface area (Å²) in [5, 5.41) is 23.2. The summed E-state index contributed by atoms with van der Waals surface area (Å²) in [5.41, 5.74) is 0. The van der Waals surface area contributed by atoms with Gasteiger partial charge in [-0.1, -0.05) is 248 Å². The van der Waals surface area contributed by atoms with Gasteiger partial charge >= 0.3 is 5.97 Å². The van der Waals surface area contributed by atoms with E-state index in [4.69, 9.17) is 4.74 Å². The first-order valence-electron chi connectivity index (χ1n) is 29.6. The minimum atomic E-state index is -0.858. The van der Waals surface area contributed by atoms with E-state index in [1.807, 2.05) is 6.08 Å². The number of carbonyl (C=O) groups is 2. The second-order valence-electron chi connectivity index (χ2n) is 20.0. The predicted molar refractivity (Wildman–Crippen MR) is 296 cm³/mol. The van der Waals surface area contributed by atoms with Crippen molar-refractivity contribution in [1.29, 1.82) is 0 Å². The van der Waals surface area contributed by atoms with Crippen molar-refractivity contribution in [3.63, 3.8) is 0 Å². The van der Waals surface area contributed by atoms with E-state index in [0.29, 0.717) is 19.4 Å². The largest absolute Gasteiger partial charge is 0.466 e. The second kappa shape index (κ2) is 57.1. The number of esters is 1. The lowest BCUT2D eigenvalue weighted by atomic mass is 10.0. The molecule has 2 unspecified atom stereocenters. The topological polar surface area (TPSA) is 95.9 Å². The normalized spacial score (nSPS) is 13.1. The zero-order chi connectivity index (χ0) is 49.3. The molecule has 0 bridgehead atoms. The van der Waals surface area contributed by atoms with Crippen LogP contribution in [0.1, 0.15) is 296 Å². The fraction of sp³-hybridized carbons (Fsp3) is 0.806. The molecular weight excluding hydrogens is 839 g/mol. The maximum absolute atomic E-state index is 12.5. The van der Waals surface area contributed by atoms with E-state index in [0.717, 1.165) is 96.3 Å². The van der Waals surface area contributed by atoms with Gasteiger partial charge in [0.05, 0.1) is 25.4 Å². The average Bonchev–Trinajstić information content (AvgIpc) is 3.34. The Balaban J connectivity index is 3.55. The summed E-state index contributed by atoms with van der Waals surface area (Å²) < 4.78 is 5.44. The van der Waals surface area contributed by atoms with Crippen LogP contribution in [0.2, 0.25) is 0 Å². The molecule has 6 heteroatoms. The van der Waals surface area contributed by atoms with Crippen molar-refractivity contribution in [3.8, 4) is 0 Å². The predicted octanol–water partition coefficient (Wildman–Crippen LogP) is 18.4. The van der Waals surface area contributed by atoms with Crippen molar-refractivity contribution < 1.29 is 24.5 Å². The maximum atomic E-state index is 12.5. The van der Waals surface area contributed by atoms with E-state index in [-0.39, 0.29) is 18.5 Å². The van der Waals surface area contributed by atoms with Crippen LogP contribution in [0.3, 0.4) is 0 Å². The molecule has 0 saturated heterocycles. The summed E-state index contributed by atoms with van der Waals surface area (Å²) in [7, 11) is 0. The summed E-state index contributed by atoms with van der Waals surface area (Å²) >= 11 is 0. The van der Waals surface area contributed by atoms with Gasteiger partial charge in [0.1, 0.15) is 0 Å². The molecule has 0 aromatic rings. The number of amides is 1. The van der Waals surface area contributed by atoms with Crippen LogP contribution in [0.5, 0.6) is 0 Å². The van der Waals surface area contributed by atoms with Gasteiger partial charge in [-0.15, -0.1) is 0 Å². The van der Waals surface area contributed by atoms with Crippen LogP contribution in [0.15, 0.2) is 60.8 Å². The Morgan fingerprint density at radius 1 is 0.412 bits per heavy atom. The summed E-state index contributed by atoms with van der Waals surface area (Å²) in [6, 6.07) is -0.643. The van der Waals surface area contributed by atoms with Crippen LogP contribution < -0.4 is 5.32 Å². The van der Waals surface area contributed by atoms with Crippen molar-refractivity contribution >= 4 is 11.9 Å². The Morgan fingerprint density at radius 2 is 0.750 bits per heavy atom. The highest BCUT2D eigenvalue weighted by molar-refractivity contribution is 5.76. The van der Waals surface area contributed by atoms with Crippen molar-refractivity contribution in [3.05, 3.63) is 60.8 Å². The molecule has 0 aromatic heterocycles. The number of ether oxygens (including phenoxy) is 1. The SMILES string of the molecule is CCCC/C=C\C/C=C\CCCCCCCC(=O)OCCCCC/C=C\C/C=C\CCCCCCCCCC(=O)NC(CO)C(O)/C=C/CCCCCCCCCCCCCCCCCCCC. The average molecular weight is 953 g/mol. The number of allylic oxidation sites excluding steroid dienone is 9. The fourth-order valence-corrected chi connectivity index (χ4v) is 8.68. The van der Waals surface area contributed by atoms with E-state index in [1.165, 1.54) is 173 Å². The van der Waals surface area contributed by atoms with Gasteiger partial charge in [0.2, 0.25) is 5.91 Å². The number of unbranched alkanes of at least 4 members (excludes halogenated alkanes) is 35. The number of nitrogens with one attached hydrogen (secondary N) is 1. The van der Waals surface area contributed by atoms with E-state index in [2.05, 4.69) is 67.8 Å². The molecule has 0 rings (SSSR count). The molecule has 68 heavy (non-hydrogen) atoms. The Labute approximate surface area is 422 Å². The highest BCUT2D eigenvalue weighted by Crippen LogP contribution is 2.16. The van der Waals surface area contributed by atoms with Gasteiger partial charge in [-0.25, -0.2) is 0 Å². The Bertz CT molecular complexity index is 1190. The minimum Gasteiger partial charge on any atom is -0.466 e. The summed E-state index contributed by atoms with van der Waals surface area (Å²) in [5.74, 6) is -0.116. The molecule has 0 aliphatic carbocycles. The molecule has 2 atom stereocenters. The molecule has 1 amide bonds. The lowest BCUT2D eigenvalue weighted by molar-refractivity contribution is -0.143. The zero-order valence-corrected chi connectivity index (χ0v) is 45.1. The Morgan fingerprint density at radius 3 is 1.16 bits per heavy atom.